The number of piperazine rings is 1. The maximum atomic E-state index is 14.2. The summed E-state index contributed by atoms with van der Waals surface area (Å²) >= 11 is 0. The third kappa shape index (κ3) is 2.65. The number of likely N-dealkylation sites (N-methyl/N-ethyl adjacent to an activating group) is 1. The zero-order valence-corrected chi connectivity index (χ0v) is 12.5. The van der Waals surface area contributed by atoms with Crippen LogP contribution in [0.15, 0.2) is 22.7 Å². The van der Waals surface area contributed by atoms with Gasteiger partial charge < -0.3 is 9.42 Å². The molecule has 1 aliphatic rings. The van der Waals surface area contributed by atoms with Crippen LogP contribution in [0, 0.1) is 24.1 Å². The van der Waals surface area contributed by atoms with Gasteiger partial charge in [-0.1, -0.05) is 5.16 Å². The lowest BCUT2D eigenvalue weighted by Crippen LogP contribution is -2.47. The first-order valence-electron chi connectivity index (χ1n) is 7.03. The molecular weight excluding hydrogens is 285 g/mol. The molecule has 3 rings (SSSR count). The number of nitriles is 1. The van der Waals surface area contributed by atoms with E-state index in [9.17, 15) is 4.39 Å². The average Bonchev–Trinajstić information content (AvgIpc) is 2.94. The first-order chi connectivity index (χ1) is 10.6. The summed E-state index contributed by atoms with van der Waals surface area (Å²) in [7, 11) is 1.98. The highest BCUT2D eigenvalue weighted by atomic mass is 19.1. The second-order valence-corrected chi connectivity index (χ2v) is 5.40. The third-order valence-electron chi connectivity index (χ3n) is 3.89. The lowest BCUT2D eigenvalue weighted by molar-refractivity contribution is 0.177. The molecule has 2 heterocycles. The number of aromatic nitrogens is 2. The summed E-state index contributed by atoms with van der Waals surface area (Å²) < 4.78 is 19.5. The summed E-state index contributed by atoms with van der Waals surface area (Å²) in [4.78, 5) is 8.34. The quantitative estimate of drug-likeness (QED) is 0.843. The van der Waals surface area contributed by atoms with Crippen LogP contribution < -0.4 is 4.90 Å². The summed E-state index contributed by atoms with van der Waals surface area (Å²) in [5.41, 5.74) is 0.813. The Morgan fingerprint density at radius 3 is 2.86 bits per heavy atom. The molecule has 0 amide bonds. The van der Waals surface area contributed by atoms with Crippen LogP contribution in [0.3, 0.4) is 0 Å². The predicted octanol–water partition coefficient (Wildman–Crippen LogP) is 1.88. The minimum absolute atomic E-state index is 0.0787. The Morgan fingerprint density at radius 1 is 1.41 bits per heavy atom. The van der Waals surface area contributed by atoms with Crippen molar-refractivity contribution in [2.24, 2.45) is 0 Å². The van der Waals surface area contributed by atoms with Gasteiger partial charge >= 0.3 is 0 Å². The van der Waals surface area contributed by atoms with E-state index >= 15 is 0 Å². The van der Waals surface area contributed by atoms with Crippen LogP contribution in [0.25, 0.3) is 0 Å². The highest BCUT2D eigenvalue weighted by molar-refractivity contribution is 5.51. The monoisotopic (exact) mass is 301 g/mol. The molecule has 0 saturated carbocycles. The molecule has 6 nitrogen and oxygen atoms in total. The summed E-state index contributed by atoms with van der Waals surface area (Å²) in [5.74, 6) is 0.743. The number of benzene rings is 1. The van der Waals surface area contributed by atoms with E-state index in [1.165, 1.54) is 6.07 Å². The van der Waals surface area contributed by atoms with Crippen LogP contribution in [0.1, 0.15) is 23.3 Å². The number of halogens is 1. The molecule has 22 heavy (non-hydrogen) atoms. The van der Waals surface area contributed by atoms with Gasteiger partial charge in [-0.15, -0.1) is 0 Å². The van der Waals surface area contributed by atoms with Crippen molar-refractivity contribution in [2.75, 3.05) is 31.6 Å². The number of nitrogens with zero attached hydrogens (tertiary/aromatic N) is 5. The van der Waals surface area contributed by atoms with Crippen LogP contribution in [0.5, 0.6) is 0 Å². The van der Waals surface area contributed by atoms with Crippen LogP contribution in [-0.4, -0.2) is 41.7 Å². The Morgan fingerprint density at radius 2 is 2.23 bits per heavy atom. The Labute approximate surface area is 127 Å². The first-order valence-corrected chi connectivity index (χ1v) is 7.03. The Kier molecular flexibility index (Phi) is 3.77. The Balaban J connectivity index is 1.85. The van der Waals surface area contributed by atoms with Gasteiger partial charge in [0.15, 0.2) is 5.82 Å². The van der Waals surface area contributed by atoms with Crippen molar-refractivity contribution in [3.8, 4) is 6.07 Å². The molecule has 0 bridgehead atoms. The van der Waals surface area contributed by atoms with E-state index < -0.39 is 0 Å². The van der Waals surface area contributed by atoms with Gasteiger partial charge in [0.05, 0.1) is 17.3 Å². The fourth-order valence-corrected chi connectivity index (χ4v) is 2.64. The lowest BCUT2D eigenvalue weighted by Gasteiger charge is -2.38. The summed E-state index contributed by atoms with van der Waals surface area (Å²) in [5, 5.41) is 12.6. The van der Waals surface area contributed by atoms with E-state index in [4.69, 9.17) is 9.78 Å². The van der Waals surface area contributed by atoms with Crippen molar-refractivity contribution in [3.05, 3.63) is 41.3 Å². The fourth-order valence-electron chi connectivity index (χ4n) is 2.64. The molecule has 0 aliphatic carbocycles. The predicted molar refractivity (Wildman–Crippen MR) is 77.7 cm³/mol. The number of aryl methyl sites for hydroxylation is 1. The molecule has 7 heteroatoms. The SMILES string of the molecule is Cc1noc(C2CN(c3ccc(C#N)cc3F)CCN2C)n1. The number of rotatable bonds is 2. The minimum Gasteiger partial charge on any atom is -0.366 e. The maximum absolute atomic E-state index is 14.2. The topological polar surface area (TPSA) is 69.2 Å². The Bertz CT molecular complexity index is 723. The van der Waals surface area contributed by atoms with Crippen molar-refractivity contribution < 1.29 is 8.91 Å². The molecule has 1 fully saturated rings. The smallest absolute Gasteiger partial charge is 0.245 e. The van der Waals surface area contributed by atoms with Crippen molar-refractivity contribution in [1.82, 2.24) is 15.0 Å². The molecule has 1 saturated heterocycles. The molecule has 1 aliphatic heterocycles. The van der Waals surface area contributed by atoms with E-state index in [0.717, 1.165) is 6.54 Å². The summed E-state index contributed by atoms with van der Waals surface area (Å²) in [6, 6.07) is 6.40. The number of hydrogen-bond acceptors (Lipinski definition) is 6. The molecule has 114 valence electrons. The van der Waals surface area contributed by atoms with E-state index in [0.29, 0.717) is 36.1 Å². The lowest BCUT2D eigenvalue weighted by atomic mass is 10.1. The third-order valence-corrected chi connectivity index (χ3v) is 3.89. The standard InChI is InChI=1S/C15H16FN5O/c1-10-18-15(22-19-10)14-9-21(6-5-20(14)2)13-4-3-11(8-17)7-12(13)16/h3-4,7,14H,5-6,9H2,1-2H3. The summed E-state index contributed by atoms with van der Waals surface area (Å²) in [6.45, 7) is 3.78. The van der Waals surface area contributed by atoms with Gasteiger partial charge in [-0.25, -0.2) is 4.39 Å². The fraction of sp³-hybridized carbons (Fsp3) is 0.400. The molecule has 0 spiro atoms. The van der Waals surface area contributed by atoms with Crippen molar-refractivity contribution in [2.45, 2.75) is 13.0 Å². The van der Waals surface area contributed by atoms with Crippen LogP contribution >= 0.6 is 0 Å². The van der Waals surface area contributed by atoms with E-state index in [-0.39, 0.29) is 11.9 Å². The van der Waals surface area contributed by atoms with Crippen molar-refractivity contribution in [3.63, 3.8) is 0 Å². The molecule has 1 unspecified atom stereocenters. The molecule has 1 aromatic heterocycles. The largest absolute Gasteiger partial charge is 0.366 e. The van der Waals surface area contributed by atoms with E-state index in [2.05, 4.69) is 15.0 Å². The van der Waals surface area contributed by atoms with Gasteiger partial charge in [0.25, 0.3) is 0 Å². The van der Waals surface area contributed by atoms with Crippen molar-refractivity contribution in [1.29, 1.82) is 5.26 Å². The van der Waals surface area contributed by atoms with Gasteiger partial charge in [-0.3, -0.25) is 4.90 Å². The van der Waals surface area contributed by atoms with Crippen LogP contribution in [0.2, 0.25) is 0 Å². The molecule has 2 aromatic rings. The summed E-state index contributed by atoms with van der Waals surface area (Å²) in [6.07, 6.45) is 0. The maximum Gasteiger partial charge on any atom is 0.245 e. The van der Waals surface area contributed by atoms with Gasteiger partial charge in [0, 0.05) is 19.6 Å². The van der Waals surface area contributed by atoms with E-state index in [1.807, 2.05) is 18.0 Å². The highest BCUT2D eigenvalue weighted by Gasteiger charge is 2.30. The highest BCUT2D eigenvalue weighted by Crippen LogP contribution is 2.28. The second kappa shape index (κ2) is 5.73. The van der Waals surface area contributed by atoms with Gasteiger partial charge in [0.2, 0.25) is 5.89 Å². The second-order valence-electron chi connectivity index (χ2n) is 5.40. The molecule has 1 atom stereocenters. The normalized spacial score (nSPS) is 19.2. The number of anilines is 1. The average molecular weight is 301 g/mol. The Hall–Kier alpha value is -2.46. The van der Waals surface area contributed by atoms with Gasteiger partial charge in [-0.2, -0.15) is 10.2 Å². The number of hydrogen-bond donors (Lipinski definition) is 0. The van der Waals surface area contributed by atoms with Crippen LogP contribution in [0.4, 0.5) is 10.1 Å². The molecule has 0 radical (unpaired) electrons. The molecule has 1 aromatic carbocycles. The minimum atomic E-state index is -0.385. The zero-order chi connectivity index (χ0) is 15.7. The van der Waals surface area contributed by atoms with Gasteiger partial charge in [-0.05, 0) is 32.2 Å². The zero-order valence-electron chi connectivity index (χ0n) is 12.5. The van der Waals surface area contributed by atoms with Gasteiger partial charge in [0.1, 0.15) is 11.9 Å². The van der Waals surface area contributed by atoms with Crippen molar-refractivity contribution >= 4 is 5.69 Å². The van der Waals surface area contributed by atoms with E-state index in [1.54, 1.807) is 19.1 Å². The first kappa shape index (κ1) is 14.5. The molecular formula is C15H16FN5O. The van der Waals surface area contributed by atoms with Crippen LogP contribution in [-0.2, 0) is 0 Å². The molecule has 0 N–H and O–H groups in total.